The Labute approximate surface area is 125 Å². The van der Waals surface area contributed by atoms with Gasteiger partial charge in [-0.05, 0) is 31.2 Å². The van der Waals surface area contributed by atoms with Gasteiger partial charge in [-0.3, -0.25) is 9.69 Å². The van der Waals surface area contributed by atoms with E-state index in [1.807, 2.05) is 0 Å². The average Bonchev–Trinajstić information content (AvgIpc) is 3.14. The molecular formula is C15H16F3N3O. The van der Waals surface area contributed by atoms with Crippen molar-refractivity contribution in [1.29, 1.82) is 0 Å². The van der Waals surface area contributed by atoms with Gasteiger partial charge in [-0.25, -0.2) is 4.98 Å². The second-order valence-corrected chi connectivity index (χ2v) is 6.43. The number of hydrogen-bond donors (Lipinski definition) is 1. The van der Waals surface area contributed by atoms with Crippen molar-refractivity contribution in [1.82, 2.24) is 15.2 Å². The van der Waals surface area contributed by atoms with Crippen molar-refractivity contribution in [2.24, 2.45) is 5.92 Å². The van der Waals surface area contributed by atoms with Crippen molar-refractivity contribution in [2.75, 3.05) is 6.54 Å². The van der Waals surface area contributed by atoms with Gasteiger partial charge in [0.05, 0.1) is 11.3 Å². The number of amides is 1. The molecule has 2 aliphatic heterocycles. The first kappa shape index (κ1) is 14.0. The SMILES string of the molecule is O=C1NCc2c(C(F)(F)F)cc(CN3C[C@@H]4CC[C@H]3C4)nc21. The minimum atomic E-state index is -4.46. The Morgan fingerprint density at radius 2 is 2.18 bits per heavy atom. The van der Waals surface area contributed by atoms with Crippen LogP contribution in [0.25, 0.3) is 0 Å². The van der Waals surface area contributed by atoms with E-state index in [0.29, 0.717) is 24.2 Å². The first-order chi connectivity index (χ1) is 10.4. The number of halogens is 3. The van der Waals surface area contributed by atoms with Gasteiger partial charge in [0, 0.05) is 31.2 Å². The molecule has 1 amide bonds. The summed E-state index contributed by atoms with van der Waals surface area (Å²) in [6.07, 6.45) is -0.993. The van der Waals surface area contributed by atoms with Gasteiger partial charge in [0.15, 0.2) is 0 Å². The van der Waals surface area contributed by atoms with Gasteiger partial charge in [-0.2, -0.15) is 13.2 Å². The number of hydrogen-bond acceptors (Lipinski definition) is 3. The zero-order chi connectivity index (χ0) is 15.5. The summed E-state index contributed by atoms with van der Waals surface area (Å²) in [6.45, 7) is 1.23. The lowest BCUT2D eigenvalue weighted by atomic mass is 10.1. The number of alkyl halides is 3. The van der Waals surface area contributed by atoms with E-state index in [2.05, 4.69) is 15.2 Å². The third kappa shape index (κ3) is 2.18. The van der Waals surface area contributed by atoms with Crippen molar-refractivity contribution in [3.8, 4) is 0 Å². The Balaban J connectivity index is 1.68. The number of aromatic nitrogens is 1. The lowest BCUT2D eigenvalue weighted by molar-refractivity contribution is -0.138. The van der Waals surface area contributed by atoms with Crippen LogP contribution in [0.1, 0.15) is 46.6 Å². The smallest absolute Gasteiger partial charge is 0.347 e. The quantitative estimate of drug-likeness (QED) is 0.912. The normalized spacial score (nSPS) is 27.3. The zero-order valence-corrected chi connectivity index (χ0v) is 11.9. The van der Waals surface area contributed by atoms with E-state index in [-0.39, 0.29) is 17.8 Å². The number of likely N-dealkylation sites (tertiary alicyclic amines) is 1. The van der Waals surface area contributed by atoms with Crippen LogP contribution in [0.4, 0.5) is 13.2 Å². The van der Waals surface area contributed by atoms with Crippen molar-refractivity contribution >= 4 is 5.91 Å². The second-order valence-electron chi connectivity index (χ2n) is 6.43. The topological polar surface area (TPSA) is 45.2 Å². The van der Waals surface area contributed by atoms with Gasteiger partial charge in [-0.1, -0.05) is 0 Å². The van der Waals surface area contributed by atoms with Crippen molar-refractivity contribution in [2.45, 2.75) is 44.6 Å². The minimum Gasteiger partial charge on any atom is -0.347 e. The highest BCUT2D eigenvalue weighted by Crippen LogP contribution is 2.39. The van der Waals surface area contributed by atoms with E-state index in [9.17, 15) is 18.0 Å². The maximum Gasteiger partial charge on any atom is 0.416 e. The number of rotatable bonds is 2. The Morgan fingerprint density at radius 3 is 2.82 bits per heavy atom. The molecule has 1 aliphatic carbocycles. The summed E-state index contributed by atoms with van der Waals surface area (Å²) < 4.78 is 39.7. The largest absolute Gasteiger partial charge is 0.416 e. The lowest BCUT2D eigenvalue weighted by Crippen LogP contribution is -2.32. The molecule has 1 saturated carbocycles. The molecule has 2 fully saturated rings. The van der Waals surface area contributed by atoms with Gasteiger partial charge in [0.2, 0.25) is 0 Å². The zero-order valence-electron chi connectivity index (χ0n) is 11.9. The van der Waals surface area contributed by atoms with Crippen LogP contribution in [0.3, 0.4) is 0 Å². The van der Waals surface area contributed by atoms with Crippen molar-refractivity contribution < 1.29 is 18.0 Å². The summed E-state index contributed by atoms with van der Waals surface area (Å²) in [5, 5.41) is 2.43. The third-order valence-electron chi connectivity index (χ3n) is 5.01. The predicted molar refractivity (Wildman–Crippen MR) is 71.9 cm³/mol. The molecule has 22 heavy (non-hydrogen) atoms. The molecule has 1 aromatic heterocycles. The molecule has 1 N–H and O–H groups in total. The van der Waals surface area contributed by atoms with Gasteiger partial charge < -0.3 is 5.32 Å². The first-order valence-electron chi connectivity index (χ1n) is 7.54. The number of fused-ring (bicyclic) bond motifs is 3. The fourth-order valence-electron chi connectivity index (χ4n) is 4.01. The minimum absolute atomic E-state index is 0.0239. The maximum absolute atomic E-state index is 13.2. The summed E-state index contributed by atoms with van der Waals surface area (Å²) in [5.41, 5.74) is -0.468. The number of nitrogens with one attached hydrogen (secondary N) is 1. The highest BCUT2D eigenvalue weighted by atomic mass is 19.4. The average molecular weight is 311 g/mol. The lowest BCUT2D eigenvalue weighted by Gasteiger charge is -2.26. The molecule has 0 spiro atoms. The van der Waals surface area contributed by atoms with Gasteiger partial charge >= 0.3 is 6.18 Å². The standard InChI is InChI=1S/C15H16F3N3O/c16-15(17,18)12-4-9(20-13-11(12)5-19-14(13)22)7-21-6-8-1-2-10(21)3-8/h4,8,10H,1-3,5-7H2,(H,19,22)/t8-,10+/m1/s1. The third-order valence-corrected chi connectivity index (χ3v) is 5.01. The summed E-state index contributed by atoms with van der Waals surface area (Å²) >= 11 is 0. The highest BCUT2D eigenvalue weighted by Gasteiger charge is 2.40. The van der Waals surface area contributed by atoms with Crippen LogP contribution in [-0.2, 0) is 19.3 Å². The van der Waals surface area contributed by atoms with Crippen LogP contribution in [-0.4, -0.2) is 28.4 Å². The second kappa shape index (κ2) is 4.68. The molecule has 4 rings (SSSR count). The number of carbonyl (C=O) groups is 1. The number of nitrogens with zero attached hydrogens (tertiary/aromatic N) is 2. The molecule has 3 heterocycles. The van der Waals surface area contributed by atoms with Crippen LogP contribution < -0.4 is 5.32 Å². The molecule has 7 heteroatoms. The van der Waals surface area contributed by atoms with Crippen molar-refractivity contribution in [3.63, 3.8) is 0 Å². The van der Waals surface area contributed by atoms with E-state index < -0.39 is 17.6 Å². The van der Waals surface area contributed by atoms with Crippen LogP contribution in [0.15, 0.2) is 6.07 Å². The van der Waals surface area contributed by atoms with Crippen LogP contribution in [0, 0.1) is 5.92 Å². The Hall–Kier alpha value is -1.63. The molecule has 2 bridgehead atoms. The molecule has 118 valence electrons. The summed E-state index contributed by atoms with van der Waals surface area (Å²) in [4.78, 5) is 18.1. The summed E-state index contributed by atoms with van der Waals surface area (Å²) in [7, 11) is 0. The molecule has 3 aliphatic rings. The Morgan fingerprint density at radius 1 is 1.36 bits per heavy atom. The first-order valence-corrected chi connectivity index (χ1v) is 7.54. The van der Waals surface area contributed by atoms with Gasteiger partial charge in [-0.15, -0.1) is 0 Å². The Kier molecular flexibility index (Phi) is 2.98. The van der Waals surface area contributed by atoms with Gasteiger partial charge in [0.25, 0.3) is 5.91 Å². The highest BCUT2D eigenvalue weighted by molar-refractivity contribution is 5.96. The molecule has 0 radical (unpaired) electrons. The van der Waals surface area contributed by atoms with Gasteiger partial charge in [0.1, 0.15) is 5.69 Å². The number of carbonyl (C=O) groups excluding carboxylic acids is 1. The monoisotopic (exact) mass is 311 g/mol. The molecule has 0 unspecified atom stereocenters. The fourth-order valence-corrected chi connectivity index (χ4v) is 4.01. The number of piperidine rings is 1. The van der Waals surface area contributed by atoms with Crippen LogP contribution in [0.2, 0.25) is 0 Å². The predicted octanol–water partition coefficient (Wildman–Crippen LogP) is 2.33. The molecule has 1 aromatic rings. The summed E-state index contributed by atoms with van der Waals surface area (Å²) in [5.74, 6) is 0.162. The van der Waals surface area contributed by atoms with Crippen LogP contribution in [0.5, 0.6) is 0 Å². The molecule has 1 saturated heterocycles. The van der Waals surface area contributed by atoms with E-state index in [1.165, 1.54) is 6.42 Å². The maximum atomic E-state index is 13.2. The van der Waals surface area contributed by atoms with E-state index >= 15 is 0 Å². The molecule has 0 aromatic carbocycles. The van der Waals surface area contributed by atoms with E-state index in [0.717, 1.165) is 25.5 Å². The van der Waals surface area contributed by atoms with Crippen molar-refractivity contribution in [3.05, 3.63) is 28.6 Å². The van der Waals surface area contributed by atoms with E-state index in [1.54, 1.807) is 0 Å². The van der Waals surface area contributed by atoms with E-state index in [4.69, 9.17) is 0 Å². The number of pyridine rings is 1. The molecule has 4 nitrogen and oxygen atoms in total. The molecular weight excluding hydrogens is 295 g/mol. The fraction of sp³-hybridized carbons (Fsp3) is 0.600. The van der Waals surface area contributed by atoms with Crippen LogP contribution >= 0.6 is 0 Å². The summed E-state index contributed by atoms with van der Waals surface area (Å²) in [6, 6.07) is 1.58. The molecule has 2 atom stereocenters. The Bertz CT molecular complexity index is 644.